The predicted molar refractivity (Wildman–Crippen MR) is 135 cm³/mol. The van der Waals surface area contributed by atoms with Crippen LogP contribution in [0.4, 0.5) is 4.79 Å². The summed E-state index contributed by atoms with van der Waals surface area (Å²) >= 11 is 0. The van der Waals surface area contributed by atoms with Crippen LogP contribution in [-0.2, 0) is 32.1 Å². The van der Waals surface area contributed by atoms with Crippen molar-refractivity contribution in [2.75, 3.05) is 13.4 Å². The van der Waals surface area contributed by atoms with E-state index in [4.69, 9.17) is 13.7 Å². The van der Waals surface area contributed by atoms with Gasteiger partial charge in [-0.1, -0.05) is 30.3 Å². The molecule has 2 heterocycles. The number of aromatic nitrogens is 2. The number of methoxy groups -OCH3 is 1. The van der Waals surface area contributed by atoms with Gasteiger partial charge < -0.3 is 14.8 Å². The molecule has 0 spiro atoms. The topological polar surface area (TPSA) is 117 Å². The van der Waals surface area contributed by atoms with Crippen molar-refractivity contribution in [1.82, 2.24) is 15.3 Å². The van der Waals surface area contributed by atoms with Crippen LogP contribution in [0.2, 0.25) is 0 Å². The molecule has 2 aromatic heterocycles. The van der Waals surface area contributed by atoms with Gasteiger partial charge >= 0.3 is 6.09 Å². The van der Waals surface area contributed by atoms with Gasteiger partial charge in [-0.25, -0.2) is 9.78 Å². The van der Waals surface area contributed by atoms with Gasteiger partial charge in [-0.3, -0.25) is 9.17 Å². The Balaban J connectivity index is 1.39. The maximum atomic E-state index is 12.2. The van der Waals surface area contributed by atoms with E-state index >= 15 is 0 Å². The minimum absolute atomic E-state index is 0.00642. The molecule has 1 aliphatic carbocycles. The summed E-state index contributed by atoms with van der Waals surface area (Å²) in [6, 6.07) is 14.9. The lowest BCUT2D eigenvalue weighted by molar-refractivity contribution is 0.100. The molecule has 0 radical (unpaired) electrons. The van der Waals surface area contributed by atoms with Crippen LogP contribution < -0.4 is 10.1 Å². The molecule has 1 aliphatic rings. The van der Waals surface area contributed by atoms with E-state index < -0.39 is 22.3 Å². The Bertz CT molecular complexity index is 1280. The van der Waals surface area contributed by atoms with Gasteiger partial charge in [0.25, 0.3) is 10.1 Å². The fourth-order valence-electron chi connectivity index (χ4n) is 4.63. The number of carbonyl (C=O) groups excluding carboxylic acids is 1. The zero-order valence-corrected chi connectivity index (χ0v) is 21.2. The molecular weight excluding hydrogens is 482 g/mol. The van der Waals surface area contributed by atoms with Crippen LogP contribution in [0.5, 0.6) is 5.88 Å². The molecule has 1 saturated carbocycles. The van der Waals surface area contributed by atoms with E-state index in [1.165, 1.54) is 0 Å². The van der Waals surface area contributed by atoms with Gasteiger partial charge in [0.1, 0.15) is 6.61 Å². The van der Waals surface area contributed by atoms with Crippen molar-refractivity contribution < 1.29 is 26.9 Å². The minimum atomic E-state index is -3.68. The molecule has 3 aromatic rings. The highest BCUT2D eigenvalue weighted by atomic mass is 32.2. The number of hydrogen-bond donors (Lipinski definition) is 1. The highest BCUT2D eigenvalue weighted by Gasteiger charge is 2.32. The second-order valence-electron chi connectivity index (χ2n) is 9.05. The summed E-state index contributed by atoms with van der Waals surface area (Å²) < 4.78 is 40.3. The van der Waals surface area contributed by atoms with Gasteiger partial charge in [-0.15, -0.1) is 0 Å². The average molecular weight is 514 g/mol. The summed E-state index contributed by atoms with van der Waals surface area (Å²) in [5.74, 6) is 0.468. The average Bonchev–Trinajstić information content (AvgIpc) is 2.87. The van der Waals surface area contributed by atoms with Gasteiger partial charge in [0.15, 0.2) is 0 Å². The van der Waals surface area contributed by atoms with Crippen molar-refractivity contribution in [3.05, 3.63) is 65.9 Å². The number of rotatable bonds is 9. The van der Waals surface area contributed by atoms with E-state index in [1.54, 1.807) is 19.4 Å². The van der Waals surface area contributed by atoms with E-state index in [-0.39, 0.29) is 18.6 Å². The molecule has 4 rings (SSSR count). The monoisotopic (exact) mass is 513 g/mol. The lowest BCUT2D eigenvalue weighted by atomic mass is 9.81. The lowest BCUT2D eigenvalue weighted by Crippen LogP contribution is -2.40. The number of fused-ring (bicyclic) bond motifs is 1. The third-order valence-corrected chi connectivity index (χ3v) is 7.00. The largest absolute Gasteiger partial charge is 0.481 e. The number of ether oxygens (including phenoxy) is 2. The van der Waals surface area contributed by atoms with Crippen molar-refractivity contribution in [1.29, 1.82) is 0 Å². The van der Waals surface area contributed by atoms with E-state index in [9.17, 15) is 13.2 Å². The number of hydrogen-bond acceptors (Lipinski definition) is 8. The van der Waals surface area contributed by atoms with E-state index in [1.807, 2.05) is 42.5 Å². The van der Waals surface area contributed by atoms with Gasteiger partial charge in [-0.2, -0.15) is 8.42 Å². The van der Waals surface area contributed by atoms with Gasteiger partial charge in [-0.05, 0) is 54.9 Å². The molecule has 1 amide bonds. The first-order chi connectivity index (χ1) is 17.3. The summed E-state index contributed by atoms with van der Waals surface area (Å²) in [7, 11) is -2.13. The molecule has 1 N–H and O–H groups in total. The second kappa shape index (κ2) is 11.7. The minimum Gasteiger partial charge on any atom is -0.481 e. The molecule has 192 valence electrons. The standard InChI is InChI=1S/C26H31N3O6S/c1-33-24-13-12-22-25(29-24)20(14-15-27-22)16-23(35-36(2,31)32)19-8-10-21(11-9-19)28-26(30)34-17-18-6-4-3-5-7-18/h3-7,12-15,19,21,23H,8-11,16-17H2,1-2H3,(H,28,30)/t19-,21-,23-/m1/s1. The van der Waals surface area contributed by atoms with Crippen LogP contribution in [0.25, 0.3) is 11.0 Å². The molecule has 9 nitrogen and oxygen atoms in total. The maximum absolute atomic E-state index is 12.2. The van der Waals surface area contributed by atoms with Crippen LogP contribution in [0, 0.1) is 5.92 Å². The van der Waals surface area contributed by atoms with Crippen molar-refractivity contribution in [3.63, 3.8) is 0 Å². The van der Waals surface area contributed by atoms with Crippen LogP contribution in [-0.4, -0.2) is 50.0 Å². The number of pyridine rings is 2. The van der Waals surface area contributed by atoms with E-state index in [0.717, 1.165) is 17.4 Å². The number of carbonyl (C=O) groups is 1. The zero-order valence-electron chi connectivity index (χ0n) is 20.4. The number of nitrogens with zero attached hydrogens (tertiary/aromatic N) is 2. The third kappa shape index (κ3) is 7.14. The number of amides is 1. The predicted octanol–water partition coefficient (Wildman–Crippen LogP) is 4.01. The fraction of sp³-hybridized carbons (Fsp3) is 0.423. The summed E-state index contributed by atoms with van der Waals surface area (Å²) in [6.45, 7) is 0.213. The Kier molecular flexibility index (Phi) is 8.37. The molecule has 1 atom stereocenters. The molecule has 36 heavy (non-hydrogen) atoms. The Morgan fingerprint density at radius 3 is 2.53 bits per heavy atom. The molecular formula is C26H31N3O6S. The highest BCUT2D eigenvalue weighted by molar-refractivity contribution is 7.86. The Labute approximate surface area is 211 Å². The number of benzene rings is 1. The van der Waals surface area contributed by atoms with Gasteiger partial charge in [0.05, 0.1) is 30.5 Å². The Hall–Kier alpha value is -3.24. The van der Waals surface area contributed by atoms with Gasteiger partial charge in [0, 0.05) is 24.7 Å². The smallest absolute Gasteiger partial charge is 0.407 e. The van der Waals surface area contributed by atoms with Crippen LogP contribution in [0.3, 0.4) is 0 Å². The van der Waals surface area contributed by atoms with Crippen molar-refractivity contribution >= 4 is 27.2 Å². The zero-order chi connectivity index (χ0) is 25.5. The number of nitrogens with one attached hydrogen (secondary N) is 1. The van der Waals surface area contributed by atoms with E-state index in [2.05, 4.69) is 15.3 Å². The first-order valence-electron chi connectivity index (χ1n) is 11.9. The summed E-state index contributed by atoms with van der Waals surface area (Å²) in [5.41, 5.74) is 3.13. The van der Waals surface area contributed by atoms with Crippen molar-refractivity contribution in [3.8, 4) is 5.88 Å². The first kappa shape index (κ1) is 25.8. The molecule has 0 bridgehead atoms. The highest BCUT2D eigenvalue weighted by Crippen LogP contribution is 2.32. The number of alkyl carbamates (subject to hydrolysis) is 1. The molecule has 0 unspecified atom stereocenters. The fourth-order valence-corrected chi connectivity index (χ4v) is 5.30. The van der Waals surface area contributed by atoms with Crippen molar-refractivity contribution in [2.45, 2.75) is 50.9 Å². The SMILES string of the molecule is COc1ccc2nccc(C[C@@H](OS(C)(=O)=O)[C@H]3CC[C@H](NC(=O)OCc4ccccc4)CC3)c2n1. The van der Waals surface area contributed by atoms with Gasteiger partial charge in [0.2, 0.25) is 5.88 Å². The van der Waals surface area contributed by atoms with E-state index in [0.29, 0.717) is 49.0 Å². The van der Waals surface area contributed by atoms with Crippen molar-refractivity contribution in [2.24, 2.45) is 5.92 Å². The van der Waals surface area contributed by atoms with Crippen LogP contribution in [0.1, 0.15) is 36.8 Å². The first-order valence-corrected chi connectivity index (χ1v) is 13.8. The Morgan fingerprint density at radius 2 is 1.83 bits per heavy atom. The molecule has 0 saturated heterocycles. The molecule has 0 aliphatic heterocycles. The molecule has 10 heteroatoms. The molecule has 1 fully saturated rings. The van der Waals surface area contributed by atoms with Crippen LogP contribution in [0.15, 0.2) is 54.7 Å². The summed E-state index contributed by atoms with van der Waals surface area (Å²) in [5, 5.41) is 2.93. The third-order valence-electron chi connectivity index (χ3n) is 6.40. The maximum Gasteiger partial charge on any atom is 0.407 e. The van der Waals surface area contributed by atoms with Crippen LogP contribution >= 0.6 is 0 Å². The lowest BCUT2D eigenvalue weighted by Gasteiger charge is -2.33. The molecule has 1 aromatic carbocycles. The quantitative estimate of drug-likeness (QED) is 0.427. The summed E-state index contributed by atoms with van der Waals surface area (Å²) in [6.07, 6.45) is 4.96. The Morgan fingerprint density at radius 1 is 1.08 bits per heavy atom. The normalized spacial score (nSPS) is 18.9. The summed E-state index contributed by atoms with van der Waals surface area (Å²) in [4.78, 5) is 21.1. The second-order valence-corrected chi connectivity index (χ2v) is 10.7.